The molecule has 0 atom stereocenters. The highest BCUT2D eigenvalue weighted by molar-refractivity contribution is 6.06. The maximum atomic E-state index is 12.0. The Morgan fingerprint density at radius 1 is 0.875 bits per heavy atom. The van der Waals surface area contributed by atoms with Crippen molar-refractivity contribution in [2.24, 2.45) is 0 Å². The quantitative estimate of drug-likeness (QED) is 0.527. The number of rotatable bonds is 5. The fourth-order valence-corrected chi connectivity index (χ4v) is 2.21. The van der Waals surface area contributed by atoms with E-state index >= 15 is 0 Å². The number of ether oxygens (including phenoxy) is 1. The van der Waals surface area contributed by atoms with E-state index in [0.717, 1.165) is 5.56 Å². The molecule has 0 aliphatic carbocycles. The van der Waals surface area contributed by atoms with Crippen molar-refractivity contribution < 1.29 is 14.6 Å². The maximum absolute atomic E-state index is 12.0. The predicted molar refractivity (Wildman–Crippen MR) is 94.4 cm³/mol. The molecule has 0 saturated heterocycles. The average Bonchev–Trinajstić information content (AvgIpc) is 2.63. The molecule has 0 heterocycles. The number of benzene rings is 3. The number of hydrogen-bond acceptors (Lipinski definition) is 3. The van der Waals surface area contributed by atoms with Gasteiger partial charge < -0.3 is 9.84 Å². The number of para-hydroxylation sites is 1. The lowest BCUT2D eigenvalue weighted by atomic mass is 10.1. The Morgan fingerprint density at radius 2 is 1.54 bits per heavy atom. The first-order chi connectivity index (χ1) is 11.7. The predicted octanol–water partition coefficient (Wildman–Crippen LogP) is 5.08. The second-order valence-electron chi connectivity index (χ2n) is 5.21. The third-order valence-corrected chi connectivity index (χ3v) is 3.44. The minimum absolute atomic E-state index is 0.0214. The molecule has 3 aromatic rings. The van der Waals surface area contributed by atoms with E-state index in [-0.39, 0.29) is 11.5 Å². The minimum atomic E-state index is -0.0836. The Balaban J connectivity index is 1.73. The zero-order valence-corrected chi connectivity index (χ0v) is 12.9. The van der Waals surface area contributed by atoms with Crippen molar-refractivity contribution in [3.63, 3.8) is 0 Å². The molecular weight excluding hydrogens is 300 g/mol. The zero-order valence-electron chi connectivity index (χ0n) is 12.9. The molecular formula is C21H16O3. The van der Waals surface area contributed by atoms with E-state index in [4.69, 9.17) is 4.74 Å². The summed E-state index contributed by atoms with van der Waals surface area (Å²) in [7, 11) is 0. The number of carbonyl (C=O) groups excluding carboxylic acids is 1. The maximum Gasteiger partial charge on any atom is 0.185 e. The van der Waals surface area contributed by atoms with E-state index in [1.54, 1.807) is 36.4 Å². The van der Waals surface area contributed by atoms with Crippen molar-refractivity contribution >= 4 is 11.9 Å². The van der Waals surface area contributed by atoms with Gasteiger partial charge in [0.15, 0.2) is 17.3 Å². The Labute approximate surface area is 140 Å². The molecule has 0 unspecified atom stereocenters. The highest BCUT2D eigenvalue weighted by Gasteiger charge is 2.05. The van der Waals surface area contributed by atoms with Gasteiger partial charge in [-0.2, -0.15) is 0 Å². The van der Waals surface area contributed by atoms with Gasteiger partial charge in [-0.05, 0) is 35.9 Å². The number of ketones is 1. The lowest BCUT2D eigenvalue weighted by molar-refractivity contribution is 0.104. The van der Waals surface area contributed by atoms with Gasteiger partial charge in [0.25, 0.3) is 0 Å². The van der Waals surface area contributed by atoms with Gasteiger partial charge in [-0.25, -0.2) is 0 Å². The fraction of sp³-hybridized carbons (Fsp3) is 0. The van der Waals surface area contributed by atoms with Crippen molar-refractivity contribution in [1.29, 1.82) is 0 Å². The first-order valence-corrected chi connectivity index (χ1v) is 7.56. The van der Waals surface area contributed by atoms with Crippen LogP contribution in [0, 0.1) is 0 Å². The van der Waals surface area contributed by atoms with Gasteiger partial charge in [0.05, 0.1) is 0 Å². The van der Waals surface area contributed by atoms with Crippen LogP contribution in [0.5, 0.6) is 17.2 Å². The van der Waals surface area contributed by atoms with Crippen molar-refractivity contribution in [2.45, 2.75) is 0 Å². The summed E-state index contributed by atoms with van der Waals surface area (Å²) in [5.74, 6) is 0.955. The number of phenolic OH excluding ortho intramolecular Hbond substituents is 1. The zero-order chi connectivity index (χ0) is 16.8. The molecule has 0 saturated carbocycles. The van der Waals surface area contributed by atoms with Crippen molar-refractivity contribution in [3.8, 4) is 17.2 Å². The number of aromatic hydroxyl groups is 1. The standard InChI is InChI=1S/C21H16O3/c22-19(17-7-3-1-4-8-17)13-11-16-12-14-21(20(23)15-16)24-18-9-5-2-6-10-18/h1-15,23H/b13-11+. The molecule has 24 heavy (non-hydrogen) atoms. The van der Waals surface area contributed by atoms with Gasteiger partial charge in [-0.1, -0.05) is 60.7 Å². The highest BCUT2D eigenvalue weighted by atomic mass is 16.5. The average molecular weight is 316 g/mol. The summed E-state index contributed by atoms with van der Waals surface area (Å²) < 4.78 is 5.62. The van der Waals surface area contributed by atoms with Gasteiger partial charge in [0.1, 0.15) is 5.75 Å². The lowest BCUT2D eigenvalue weighted by Gasteiger charge is -2.07. The molecule has 3 rings (SSSR count). The largest absolute Gasteiger partial charge is 0.504 e. The van der Waals surface area contributed by atoms with E-state index in [2.05, 4.69) is 0 Å². The lowest BCUT2D eigenvalue weighted by Crippen LogP contribution is -1.92. The van der Waals surface area contributed by atoms with Crippen LogP contribution in [-0.2, 0) is 0 Å². The summed E-state index contributed by atoms with van der Waals surface area (Å²) in [4.78, 5) is 12.0. The second kappa shape index (κ2) is 7.29. The first kappa shape index (κ1) is 15.6. The van der Waals surface area contributed by atoms with Gasteiger partial charge in [0, 0.05) is 5.56 Å². The van der Waals surface area contributed by atoms with Crippen LogP contribution in [-0.4, -0.2) is 10.9 Å². The third-order valence-electron chi connectivity index (χ3n) is 3.44. The van der Waals surface area contributed by atoms with Crippen molar-refractivity contribution in [3.05, 3.63) is 96.1 Å². The highest BCUT2D eigenvalue weighted by Crippen LogP contribution is 2.31. The van der Waals surface area contributed by atoms with Gasteiger partial charge >= 0.3 is 0 Å². The molecule has 0 aromatic heterocycles. The topological polar surface area (TPSA) is 46.5 Å². The molecule has 3 heteroatoms. The van der Waals surface area contributed by atoms with Crippen LogP contribution in [0.2, 0.25) is 0 Å². The van der Waals surface area contributed by atoms with Crippen molar-refractivity contribution in [1.82, 2.24) is 0 Å². The van der Waals surface area contributed by atoms with Gasteiger partial charge in [-0.15, -0.1) is 0 Å². The van der Waals surface area contributed by atoms with Crippen LogP contribution in [0.25, 0.3) is 6.08 Å². The summed E-state index contributed by atoms with van der Waals surface area (Å²) in [6.45, 7) is 0. The van der Waals surface area contributed by atoms with Crippen LogP contribution < -0.4 is 4.74 Å². The summed E-state index contributed by atoms with van der Waals surface area (Å²) in [5.41, 5.74) is 1.35. The third kappa shape index (κ3) is 3.90. The van der Waals surface area contributed by atoms with E-state index in [0.29, 0.717) is 17.1 Å². The summed E-state index contributed by atoms with van der Waals surface area (Å²) in [6.07, 6.45) is 3.16. The van der Waals surface area contributed by atoms with E-state index in [9.17, 15) is 9.90 Å². The molecule has 118 valence electrons. The molecule has 0 aliphatic rings. The van der Waals surface area contributed by atoms with Crippen LogP contribution in [0.1, 0.15) is 15.9 Å². The van der Waals surface area contributed by atoms with Gasteiger partial charge in [0.2, 0.25) is 0 Å². The van der Waals surface area contributed by atoms with Crippen LogP contribution in [0.3, 0.4) is 0 Å². The van der Waals surface area contributed by atoms with E-state index in [1.165, 1.54) is 6.08 Å². The molecule has 0 fully saturated rings. The summed E-state index contributed by atoms with van der Waals surface area (Å²) in [6, 6.07) is 23.3. The Morgan fingerprint density at radius 3 is 2.21 bits per heavy atom. The first-order valence-electron chi connectivity index (χ1n) is 7.56. The molecule has 0 bridgehead atoms. The Kier molecular flexibility index (Phi) is 4.73. The van der Waals surface area contributed by atoms with E-state index < -0.39 is 0 Å². The van der Waals surface area contributed by atoms with Gasteiger partial charge in [-0.3, -0.25) is 4.79 Å². The summed E-state index contributed by atoms with van der Waals surface area (Å²) >= 11 is 0. The fourth-order valence-electron chi connectivity index (χ4n) is 2.21. The SMILES string of the molecule is O=C(/C=C/c1ccc(Oc2ccccc2)c(O)c1)c1ccccc1. The molecule has 0 amide bonds. The minimum Gasteiger partial charge on any atom is -0.504 e. The molecule has 0 aliphatic heterocycles. The molecule has 3 nitrogen and oxygen atoms in total. The molecule has 0 radical (unpaired) electrons. The molecule has 3 aromatic carbocycles. The molecule has 0 spiro atoms. The van der Waals surface area contributed by atoms with Crippen LogP contribution >= 0.6 is 0 Å². The number of hydrogen-bond donors (Lipinski definition) is 1. The Bertz CT molecular complexity index is 853. The Hall–Kier alpha value is -3.33. The molecule has 1 N–H and O–H groups in total. The monoisotopic (exact) mass is 316 g/mol. The number of carbonyl (C=O) groups is 1. The van der Waals surface area contributed by atoms with Crippen LogP contribution in [0.15, 0.2) is 84.9 Å². The second-order valence-corrected chi connectivity index (χ2v) is 5.21. The van der Waals surface area contributed by atoms with Crippen molar-refractivity contribution in [2.75, 3.05) is 0 Å². The summed E-state index contributed by atoms with van der Waals surface area (Å²) in [5, 5.41) is 10.1. The van der Waals surface area contributed by atoms with E-state index in [1.807, 2.05) is 48.5 Å². The normalized spacial score (nSPS) is 10.7. The number of phenols is 1. The number of allylic oxidation sites excluding steroid dienone is 1. The van der Waals surface area contributed by atoms with Crippen LogP contribution in [0.4, 0.5) is 0 Å². The smallest absolute Gasteiger partial charge is 0.185 e.